The van der Waals surface area contributed by atoms with Crippen LogP contribution in [0.1, 0.15) is 32.5 Å². The maximum atomic E-state index is 10.1. The molecule has 0 aliphatic carbocycles. The fourth-order valence-electron chi connectivity index (χ4n) is 1.33. The zero-order chi connectivity index (χ0) is 10.9. The normalized spacial score (nSPS) is 15.9. The Morgan fingerprint density at radius 1 is 1.71 bits per heavy atom. The molecule has 0 amide bonds. The van der Waals surface area contributed by atoms with Gasteiger partial charge in [0.15, 0.2) is 0 Å². The van der Waals surface area contributed by atoms with E-state index in [1.807, 2.05) is 13.8 Å². The topological polar surface area (TPSA) is 64.1 Å². The van der Waals surface area contributed by atoms with Gasteiger partial charge in [-0.25, -0.2) is 0 Å². The van der Waals surface area contributed by atoms with Crippen molar-refractivity contribution >= 4 is 15.9 Å². The van der Waals surface area contributed by atoms with E-state index in [4.69, 9.17) is 5.73 Å². The van der Waals surface area contributed by atoms with E-state index in [0.717, 1.165) is 10.2 Å². The number of rotatable bonds is 3. The van der Waals surface area contributed by atoms with E-state index >= 15 is 0 Å². The monoisotopic (exact) mass is 261 g/mol. The summed E-state index contributed by atoms with van der Waals surface area (Å²) >= 11 is 3.36. The summed E-state index contributed by atoms with van der Waals surface area (Å²) in [6.07, 6.45) is 1.68. The van der Waals surface area contributed by atoms with Gasteiger partial charge in [0.05, 0.1) is 16.4 Å². The quantitative estimate of drug-likeness (QED) is 0.865. The van der Waals surface area contributed by atoms with Crippen molar-refractivity contribution in [2.24, 2.45) is 5.73 Å². The van der Waals surface area contributed by atoms with Crippen LogP contribution in [0.2, 0.25) is 0 Å². The average Bonchev–Trinajstić information content (AvgIpc) is 2.47. The second-order valence-corrected chi connectivity index (χ2v) is 4.71. The Balaban J connectivity index is 3.24. The molecule has 1 aromatic heterocycles. The zero-order valence-electron chi connectivity index (χ0n) is 8.66. The molecule has 0 spiro atoms. The van der Waals surface area contributed by atoms with Gasteiger partial charge in [-0.2, -0.15) is 5.10 Å². The van der Waals surface area contributed by atoms with Crippen molar-refractivity contribution in [1.29, 1.82) is 0 Å². The molecule has 1 rings (SSSR count). The summed E-state index contributed by atoms with van der Waals surface area (Å²) < 4.78 is 2.57. The summed E-state index contributed by atoms with van der Waals surface area (Å²) in [4.78, 5) is 0. The Morgan fingerprint density at radius 3 is 2.71 bits per heavy atom. The molecule has 4 nitrogen and oxygen atoms in total. The van der Waals surface area contributed by atoms with Crippen molar-refractivity contribution in [3.63, 3.8) is 0 Å². The van der Waals surface area contributed by atoms with Crippen LogP contribution in [0.15, 0.2) is 10.7 Å². The molecular formula is C9H16BrN3O. The molecule has 1 atom stereocenters. The first-order valence-electron chi connectivity index (χ1n) is 4.56. The van der Waals surface area contributed by atoms with Crippen LogP contribution < -0.4 is 5.73 Å². The Kier molecular flexibility index (Phi) is 3.34. The van der Waals surface area contributed by atoms with E-state index in [1.165, 1.54) is 0 Å². The van der Waals surface area contributed by atoms with Gasteiger partial charge >= 0.3 is 0 Å². The summed E-state index contributed by atoms with van der Waals surface area (Å²) in [6, 6.07) is 0.203. The first kappa shape index (κ1) is 11.7. The Hall–Kier alpha value is -0.390. The highest BCUT2D eigenvalue weighted by Gasteiger charge is 2.29. The third-order valence-electron chi connectivity index (χ3n) is 2.15. The van der Waals surface area contributed by atoms with Crippen LogP contribution in [0.4, 0.5) is 0 Å². The Labute approximate surface area is 92.2 Å². The fraction of sp³-hybridized carbons (Fsp3) is 0.667. The van der Waals surface area contributed by atoms with E-state index in [9.17, 15) is 5.11 Å². The van der Waals surface area contributed by atoms with Gasteiger partial charge in [-0.3, -0.25) is 4.68 Å². The van der Waals surface area contributed by atoms with Gasteiger partial charge in [-0.15, -0.1) is 0 Å². The van der Waals surface area contributed by atoms with Gasteiger partial charge in [0.1, 0.15) is 5.60 Å². The maximum absolute atomic E-state index is 10.1. The van der Waals surface area contributed by atoms with Crippen LogP contribution >= 0.6 is 15.9 Å². The minimum Gasteiger partial charge on any atom is -0.382 e. The Morgan fingerprint density at radius 2 is 2.29 bits per heavy atom. The molecule has 1 aromatic rings. The standard InChI is InChI=1S/C9H16BrN3O/c1-6(2)13-8(7(10)4-12-13)9(3,14)5-11/h4,6,14H,5,11H2,1-3H3. The minimum absolute atomic E-state index is 0.171. The van der Waals surface area contributed by atoms with E-state index in [1.54, 1.807) is 17.8 Å². The summed E-state index contributed by atoms with van der Waals surface area (Å²) in [5.41, 5.74) is 5.21. The smallest absolute Gasteiger partial charge is 0.117 e. The van der Waals surface area contributed by atoms with Crippen LogP contribution in [0.25, 0.3) is 0 Å². The number of hydrogen-bond acceptors (Lipinski definition) is 3. The molecule has 0 aliphatic rings. The van der Waals surface area contributed by atoms with E-state index in [0.29, 0.717) is 0 Å². The van der Waals surface area contributed by atoms with E-state index in [2.05, 4.69) is 21.0 Å². The van der Waals surface area contributed by atoms with Crippen molar-refractivity contribution in [3.8, 4) is 0 Å². The largest absolute Gasteiger partial charge is 0.382 e. The molecule has 14 heavy (non-hydrogen) atoms. The minimum atomic E-state index is -1.04. The molecule has 3 N–H and O–H groups in total. The van der Waals surface area contributed by atoms with Gasteiger partial charge in [-0.05, 0) is 36.7 Å². The number of hydrogen-bond donors (Lipinski definition) is 2. The molecule has 0 aliphatic heterocycles. The number of aromatic nitrogens is 2. The van der Waals surface area contributed by atoms with Crippen molar-refractivity contribution in [3.05, 3.63) is 16.4 Å². The molecular weight excluding hydrogens is 246 g/mol. The first-order chi connectivity index (χ1) is 6.40. The van der Waals surface area contributed by atoms with E-state index in [-0.39, 0.29) is 12.6 Å². The molecule has 80 valence electrons. The van der Waals surface area contributed by atoms with Crippen molar-refractivity contribution in [2.75, 3.05) is 6.54 Å². The molecule has 1 unspecified atom stereocenters. The molecule has 0 saturated heterocycles. The number of aliphatic hydroxyl groups is 1. The number of nitrogens with two attached hydrogens (primary N) is 1. The van der Waals surface area contributed by atoms with Crippen molar-refractivity contribution in [1.82, 2.24) is 9.78 Å². The molecule has 0 aromatic carbocycles. The van der Waals surface area contributed by atoms with Gasteiger partial charge in [0.2, 0.25) is 0 Å². The average molecular weight is 262 g/mol. The van der Waals surface area contributed by atoms with Gasteiger partial charge < -0.3 is 10.8 Å². The van der Waals surface area contributed by atoms with Crippen LogP contribution in [0.5, 0.6) is 0 Å². The fourth-order valence-corrected chi connectivity index (χ4v) is 2.03. The van der Waals surface area contributed by atoms with E-state index < -0.39 is 5.60 Å². The molecule has 1 heterocycles. The Bertz CT molecular complexity index is 320. The summed E-state index contributed by atoms with van der Waals surface area (Å²) in [5, 5.41) is 14.3. The zero-order valence-corrected chi connectivity index (χ0v) is 10.2. The predicted octanol–water partition coefficient (Wildman–Crippen LogP) is 1.39. The number of halogens is 1. The lowest BCUT2D eigenvalue weighted by Gasteiger charge is -2.24. The van der Waals surface area contributed by atoms with Gasteiger partial charge in [0, 0.05) is 12.6 Å². The lowest BCUT2D eigenvalue weighted by atomic mass is 10.0. The van der Waals surface area contributed by atoms with Crippen LogP contribution in [-0.4, -0.2) is 21.4 Å². The third-order valence-corrected chi connectivity index (χ3v) is 2.73. The lowest BCUT2D eigenvalue weighted by molar-refractivity contribution is 0.0548. The molecule has 0 saturated carbocycles. The molecule has 0 fully saturated rings. The van der Waals surface area contributed by atoms with Gasteiger partial charge in [-0.1, -0.05) is 0 Å². The van der Waals surface area contributed by atoms with Crippen LogP contribution in [0, 0.1) is 0 Å². The van der Waals surface area contributed by atoms with Crippen LogP contribution in [-0.2, 0) is 5.60 Å². The van der Waals surface area contributed by atoms with Crippen LogP contribution in [0.3, 0.4) is 0 Å². The molecule has 0 radical (unpaired) electrons. The lowest BCUT2D eigenvalue weighted by Crippen LogP contribution is -2.34. The summed E-state index contributed by atoms with van der Waals surface area (Å²) in [7, 11) is 0. The number of nitrogens with zero attached hydrogens (tertiary/aromatic N) is 2. The molecule has 5 heteroatoms. The maximum Gasteiger partial charge on any atom is 0.117 e. The third kappa shape index (κ3) is 1.99. The summed E-state index contributed by atoms with van der Waals surface area (Å²) in [5.74, 6) is 0. The van der Waals surface area contributed by atoms with Crippen molar-refractivity contribution in [2.45, 2.75) is 32.4 Å². The highest BCUT2D eigenvalue weighted by Crippen LogP contribution is 2.29. The predicted molar refractivity (Wildman–Crippen MR) is 58.9 cm³/mol. The second kappa shape index (κ2) is 4.00. The van der Waals surface area contributed by atoms with Gasteiger partial charge in [0.25, 0.3) is 0 Å². The highest BCUT2D eigenvalue weighted by molar-refractivity contribution is 9.10. The summed E-state index contributed by atoms with van der Waals surface area (Å²) in [6.45, 7) is 5.88. The van der Waals surface area contributed by atoms with Crippen molar-refractivity contribution < 1.29 is 5.11 Å². The SMILES string of the molecule is CC(C)n1ncc(Br)c1C(C)(O)CN. The molecule has 0 bridgehead atoms. The first-order valence-corrected chi connectivity index (χ1v) is 5.35. The highest BCUT2D eigenvalue weighted by atomic mass is 79.9. The second-order valence-electron chi connectivity index (χ2n) is 3.86.